The number of aromatic nitrogens is 2. The zero-order valence-electron chi connectivity index (χ0n) is 15.2. The lowest BCUT2D eigenvalue weighted by atomic mass is 9.72. The molecule has 25 heavy (non-hydrogen) atoms. The molecule has 0 bridgehead atoms. The van der Waals surface area contributed by atoms with E-state index in [-0.39, 0.29) is 5.82 Å². The van der Waals surface area contributed by atoms with Gasteiger partial charge < -0.3 is 9.88 Å². The van der Waals surface area contributed by atoms with Gasteiger partial charge in [0, 0.05) is 31.6 Å². The van der Waals surface area contributed by atoms with Crippen molar-refractivity contribution in [2.75, 3.05) is 32.7 Å². The fraction of sp³-hybridized carbons (Fsp3) is 0.632. The van der Waals surface area contributed by atoms with E-state index in [9.17, 15) is 4.39 Å². The third kappa shape index (κ3) is 3.55. The van der Waals surface area contributed by atoms with Crippen LogP contribution in [0.25, 0.3) is 11.0 Å². The van der Waals surface area contributed by atoms with Crippen LogP contribution >= 0.6 is 11.6 Å². The normalized spacial score (nSPS) is 20.8. The van der Waals surface area contributed by atoms with Crippen molar-refractivity contribution in [1.29, 1.82) is 0 Å². The van der Waals surface area contributed by atoms with Crippen molar-refractivity contribution in [3.8, 4) is 0 Å². The molecule has 4 rings (SSSR count). The number of hydrogen-bond donors (Lipinski definition) is 1. The Kier molecular flexibility index (Phi) is 4.09. The fourth-order valence-corrected chi connectivity index (χ4v) is 4.40. The van der Waals surface area contributed by atoms with Crippen molar-refractivity contribution in [3.05, 3.63) is 28.8 Å². The Hall–Kier alpha value is -1.17. The second kappa shape index (κ2) is 5.93. The Labute approximate surface area is 153 Å². The first-order valence-electron chi connectivity index (χ1n) is 9.00. The van der Waals surface area contributed by atoms with Crippen LogP contribution in [-0.2, 0) is 6.54 Å². The molecular formula is C19H26ClFN4. The first-order chi connectivity index (χ1) is 11.7. The summed E-state index contributed by atoms with van der Waals surface area (Å²) < 4.78 is 13.4. The lowest BCUT2D eigenvalue weighted by molar-refractivity contribution is -0.120. The van der Waals surface area contributed by atoms with Crippen LogP contribution in [0.1, 0.15) is 33.0 Å². The maximum Gasteiger partial charge on any atom is 0.126 e. The number of imidazole rings is 1. The molecule has 136 valence electrons. The van der Waals surface area contributed by atoms with Gasteiger partial charge in [-0.1, -0.05) is 32.4 Å². The van der Waals surface area contributed by atoms with Crippen molar-refractivity contribution in [2.45, 2.75) is 33.7 Å². The van der Waals surface area contributed by atoms with Crippen molar-refractivity contribution in [2.24, 2.45) is 10.8 Å². The maximum absolute atomic E-state index is 13.4. The third-order valence-corrected chi connectivity index (χ3v) is 5.63. The summed E-state index contributed by atoms with van der Waals surface area (Å²) in [7, 11) is 0. The monoisotopic (exact) mass is 364 g/mol. The van der Waals surface area contributed by atoms with Gasteiger partial charge >= 0.3 is 0 Å². The summed E-state index contributed by atoms with van der Waals surface area (Å²) in [5.74, 6) is 0.529. The second-order valence-electron chi connectivity index (χ2n) is 9.13. The molecule has 2 aliphatic heterocycles. The van der Waals surface area contributed by atoms with E-state index in [1.807, 2.05) is 0 Å². The molecule has 1 aromatic heterocycles. The van der Waals surface area contributed by atoms with Gasteiger partial charge in [-0.2, -0.15) is 0 Å². The molecule has 2 aromatic rings. The number of fused-ring (bicyclic) bond motifs is 1. The van der Waals surface area contributed by atoms with Gasteiger partial charge in [0.25, 0.3) is 0 Å². The number of rotatable bonds is 4. The molecule has 1 spiro atoms. The molecule has 6 heteroatoms. The topological polar surface area (TPSA) is 35.2 Å². The van der Waals surface area contributed by atoms with Gasteiger partial charge in [-0.25, -0.2) is 9.37 Å². The Bertz CT molecular complexity index is 781. The Morgan fingerprint density at radius 2 is 1.88 bits per heavy atom. The molecule has 2 saturated heterocycles. The molecule has 3 heterocycles. The first-order valence-corrected chi connectivity index (χ1v) is 9.38. The lowest BCUT2D eigenvalue weighted by Gasteiger charge is -2.60. The highest BCUT2D eigenvalue weighted by Gasteiger charge is 2.51. The van der Waals surface area contributed by atoms with Crippen molar-refractivity contribution < 1.29 is 4.39 Å². The average molecular weight is 365 g/mol. The first kappa shape index (κ1) is 17.3. The summed E-state index contributed by atoms with van der Waals surface area (Å²) in [5.41, 5.74) is 2.24. The summed E-state index contributed by atoms with van der Waals surface area (Å²) >= 11 is 6.07. The minimum absolute atomic E-state index is 0.333. The fourth-order valence-electron chi connectivity index (χ4n) is 4.15. The van der Waals surface area contributed by atoms with Crippen LogP contribution in [0.4, 0.5) is 4.39 Å². The molecule has 2 fully saturated rings. The highest BCUT2D eigenvalue weighted by molar-refractivity contribution is 6.34. The minimum Gasteiger partial charge on any atom is -0.341 e. The number of nitrogens with one attached hydrogen (secondary N) is 1. The van der Waals surface area contributed by atoms with Gasteiger partial charge in [-0.3, -0.25) is 4.90 Å². The van der Waals surface area contributed by atoms with E-state index in [2.05, 4.69) is 40.5 Å². The van der Waals surface area contributed by atoms with Gasteiger partial charge in [0.1, 0.15) is 17.2 Å². The molecule has 2 aliphatic rings. The van der Waals surface area contributed by atoms with E-state index >= 15 is 0 Å². The van der Waals surface area contributed by atoms with Crippen LogP contribution in [0.15, 0.2) is 12.1 Å². The SMILES string of the molecule is CC(C)(C)CCN1CC2(C1)CN(Cc1nc3c(Cl)cc(F)cc3[nH]1)C2. The molecule has 1 aromatic carbocycles. The van der Waals surface area contributed by atoms with Crippen LogP contribution < -0.4 is 0 Å². The van der Waals surface area contributed by atoms with Gasteiger partial charge in [0.2, 0.25) is 0 Å². The molecule has 0 amide bonds. The van der Waals surface area contributed by atoms with Crippen molar-refractivity contribution >= 4 is 22.6 Å². The Morgan fingerprint density at radius 3 is 2.56 bits per heavy atom. The summed E-state index contributed by atoms with van der Waals surface area (Å²) in [6.45, 7) is 13.6. The summed E-state index contributed by atoms with van der Waals surface area (Å²) in [6.07, 6.45) is 1.25. The van der Waals surface area contributed by atoms with Crippen molar-refractivity contribution in [1.82, 2.24) is 19.8 Å². The molecule has 0 saturated carbocycles. The Morgan fingerprint density at radius 1 is 1.20 bits per heavy atom. The predicted molar refractivity (Wildman–Crippen MR) is 99.3 cm³/mol. The van der Waals surface area contributed by atoms with E-state index in [0.29, 0.717) is 26.9 Å². The molecule has 0 radical (unpaired) electrons. The number of nitrogens with zero attached hydrogens (tertiary/aromatic N) is 3. The van der Waals surface area contributed by atoms with Crippen LogP contribution in [-0.4, -0.2) is 52.5 Å². The maximum atomic E-state index is 13.4. The predicted octanol–water partition coefficient (Wildman–Crippen LogP) is 3.91. The number of benzene rings is 1. The van der Waals surface area contributed by atoms with Crippen LogP contribution in [0.5, 0.6) is 0 Å². The molecule has 0 aliphatic carbocycles. The van der Waals surface area contributed by atoms with Crippen LogP contribution in [0, 0.1) is 16.6 Å². The standard InChI is InChI=1S/C19H26ClFN4/c1-18(2,3)4-5-24-9-19(10-24)11-25(12-19)8-16-22-15-7-13(21)6-14(20)17(15)23-16/h6-7H,4-5,8-12H2,1-3H3,(H,22,23). The summed E-state index contributed by atoms with van der Waals surface area (Å²) in [4.78, 5) is 12.7. The molecule has 0 unspecified atom stereocenters. The number of halogens is 2. The summed E-state index contributed by atoms with van der Waals surface area (Å²) in [5, 5.41) is 0.367. The number of H-pyrrole nitrogens is 1. The zero-order valence-corrected chi connectivity index (χ0v) is 16.0. The quantitative estimate of drug-likeness (QED) is 0.893. The Balaban J connectivity index is 1.29. The van der Waals surface area contributed by atoms with Gasteiger partial charge in [0.05, 0.1) is 17.1 Å². The summed E-state index contributed by atoms with van der Waals surface area (Å²) in [6, 6.07) is 2.77. The van der Waals surface area contributed by atoms with Crippen LogP contribution in [0.3, 0.4) is 0 Å². The minimum atomic E-state index is -0.333. The zero-order chi connectivity index (χ0) is 17.8. The van der Waals surface area contributed by atoms with E-state index in [4.69, 9.17) is 11.6 Å². The second-order valence-corrected chi connectivity index (χ2v) is 9.54. The van der Waals surface area contributed by atoms with Crippen LogP contribution in [0.2, 0.25) is 5.02 Å². The largest absolute Gasteiger partial charge is 0.341 e. The molecule has 1 N–H and O–H groups in total. The van der Waals surface area contributed by atoms with Gasteiger partial charge in [-0.05, 0) is 30.5 Å². The number of hydrogen-bond acceptors (Lipinski definition) is 3. The lowest BCUT2D eigenvalue weighted by Crippen LogP contribution is -2.71. The van der Waals surface area contributed by atoms with Gasteiger partial charge in [-0.15, -0.1) is 0 Å². The molecular weight excluding hydrogens is 339 g/mol. The molecule has 4 nitrogen and oxygen atoms in total. The van der Waals surface area contributed by atoms with E-state index in [1.165, 1.54) is 38.2 Å². The smallest absolute Gasteiger partial charge is 0.126 e. The van der Waals surface area contributed by atoms with E-state index < -0.39 is 0 Å². The van der Waals surface area contributed by atoms with E-state index in [0.717, 1.165) is 25.5 Å². The number of likely N-dealkylation sites (tertiary alicyclic amines) is 2. The molecule has 0 atom stereocenters. The number of aromatic amines is 1. The van der Waals surface area contributed by atoms with Gasteiger partial charge in [0.15, 0.2) is 0 Å². The van der Waals surface area contributed by atoms with Crippen molar-refractivity contribution in [3.63, 3.8) is 0 Å². The average Bonchev–Trinajstić information content (AvgIpc) is 2.80. The third-order valence-electron chi connectivity index (χ3n) is 5.34. The van der Waals surface area contributed by atoms with E-state index in [1.54, 1.807) is 0 Å². The highest BCUT2D eigenvalue weighted by atomic mass is 35.5. The highest BCUT2D eigenvalue weighted by Crippen LogP contribution is 2.40.